The summed E-state index contributed by atoms with van der Waals surface area (Å²) < 4.78 is 33.1. The van der Waals surface area contributed by atoms with Crippen molar-refractivity contribution in [3.05, 3.63) is 36.4 Å². The Bertz CT molecular complexity index is 822. The van der Waals surface area contributed by atoms with Crippen LogP contribution in [0.4, 0.5) is 0 Å². The average Bonchev–Trinajstić information content (AvgIpc) is 2.53. The van der Waals surface area contributed by atoms with E-state index in [0.717, 1.165) is 22.9 Å². The fourth-order valence-electron chi connectivity index (χ4n) is 3.57. The van der Waals surface area contributed by atoms with Gasteiger partial charge in [0.1, 0.15) is 5.75 Å². The molecule has 1 saturated heterocycles. The molecule has 1 aliphatic heterocycles. The molecule has 2 atom stereocenters. The van der Waals surface area contributed by atoms with Crippen molar-refractivity contribution in [2.24, 2.45) is 11.8 Å². The van der Waals surface area contributed by atoms with Gasteiger partial charge in [-0.2, -0.15) is 4.31 Å². The largest absolute Gasteiger partial charge is 0.494 e. The molecule has 4 nitrogen and oxygen atoms in total. The van der Waals surface area contributed by atoms with Gasteiger partial charge in [0, 0.05) is 13.1 Å². The van der Waals surface area contributed by atoms with Crippen LogP contribution in [0, 0.1) is 11.8 Å². The van der Waals surface area contributed by atoms with Gasteiger partial charge in [-0.15, -0.1) is 0 Å². The molecule has 0 aromatic heterocycles. The molecule has 1 aliphatic rings. The van der Waals surface area contributed by atoms with Crippen LogP contribution in [0.2, 0.25) is 0 Å². The summed E-state index contributed by atoms with van der Waals surface area (Å²) in [5.41, 5.74) is 0. The molecule has 0 N–H and O–H groups in total. The van der Waals surface area contributed by atoms with Gasteiger partial charge in [0.2, 0.25) is 10.0 Å². The van der Waals surface area contributed by atoms with E-state index < -0.39 is 10.0 Å². The predicted molar refractivity (Wildman–Crippen MR) is 96.8 cm³/mol. The molecule has 0 saturated carbocycles. The molecule has 2 aromatic carbocycles. The van der Waals surface area contributed by atoms with Crippen molar-refractivity contribution in [2.75, 3.05) is 19.7 Å². The van der Waals surface area contributed by atoms with E-state index in [-0.39, 0.29) is 0 Å². The van der Waals surface area contributed by atoms with E-state index >= 15 is 0 Å². The Kier molecular flexibility index (Phi) is 4.83. The topological polar surface area (TPSA) is 46.6 Å². The number of sulfonamides is 1. The lowest BCUT2D eigenvalue weighted by molar-refractivity contribution is 0.222. The molecule has 0 spiro atoms. The van der Waals surface area contributed by atoms with E-state index in [4.69, 9.17) is 4.74 Å². The Morgan fingerprint density at radius 2 is 1.67 bits per heavy atom. The molecule has 0 amide bonds. The Labute approximate surface area is 144 Å². The van der Waals surface area contributed by atoms with Crippen molar-refractivity contribution in [1.29, 1.82) is 0 Å². The van der Waals surface area contributed by atoms with Gasteiger partial charge < -0.3 is 4.74 Å². The van der Waals surface area contributed by atoms with E-state index in [1.165, 1.54) is 0 Å². The number of benzene rings is 2. The van der Waals surface area contributed by atoms with Gasteiger partial charge >= 0.3 is 0 Å². The number of nitrogens with zero attached hydrogens (tertiary/aromatic N) is 1. The first-order valence-electron chi connectivity index (χ1n) is 8.57. The van der Waals surface area contributed by atoms with Crippen molar-refractivity contribution >= 4 is 20.8 Å². The van der Waals surface area contributed by atoms with E-state index in [1.807, 2.05) is 31.2 Å². The smallest absolute Gasteiger partial charge is 0.243 e. The molecule has 0 aliphatic carbocycles. The zero-order valence-corrected chi connectivity index (χ0v) is 15.3. The van der Waals surface area contributed by atoms with Crippen LogP contribution in [-0.4, -0.2) is 32.4 Å². The Morgan fingerprint density at radius 1 is 1.04 bits per heavy atom. The maximum Gasteiger partial charge on any atom is 0.243 e. The van der Waals surface area contributed by atoms with Gasteiger partial charge in [-0.25, -0.2) is 8.42 Å². The molecule has 2 unspecified atom stereocenters. The zero-order valence-electron chi connectivity index (χ0n) is 14.5. The standard InChI is InChI=1S/C19H25NO3S/c1-4-23-18-7-5-17-11-19(8-6-16(17)10-18)24(21,22)20-12-14(2)9-15(3)13-20/h5-8,10-11,14-15H,4,9,12-13H2,1-3H3. The lowest BCUT2D eigenvalue weighted by Crippen LogP contribution is -2.42. The first-order chi connectivity index (χ1) is 11.4. The third-order valence-electron chi connectivity index (χ3n) is 4.57. The quantitative estimate of drug-likeness (QED) is 0.842. The highest BCUT2D eigenvalue weighted by molar-refractivity contribution is 7.89. The van der Waals surface area contributed by atoms with E-state index in [9.17, 15) is 8.42 Å². The van der Waals surface area contributed by atoms with Crippen molar-refractivity contribution in [3.8, 4) is 5.75 Å². The van der Waals surface area contributed by atoms with Crippen LogP contribution in [-0.2, 0) is 10.0 Å². The van der Waals surface area contributed by atoms with Gasteiger partial charge in [0.15, 0.2) is 0 Å². The normalized spacial score (nSPS) is 22.6. The predicted octanol–water partition coefficient (Wildman–Crippen LogP) is 3.91. The lowest BCUT2D eigenvalue weighted by Gasteiger charge is -2.34. The molecule has 3 rings (SSSR count). The summed E-state index contributed by atoms with van der Waals surface area (Å²) in [6.07, 6.45) is 1.09. The number of piperidine rings is 1. The third kappa shape index (κ3) is 3.42. The van der Waals surface area contributed by atoms with Crippen molar-refractivity contribution in [2.45, 2.75) is 32.1 Å². The molecule has 1 fully saturated rings. The van der Waals surface area contributed by atoms with Crippen LogP contribution >= 0.6 is 0 Å². The van der Waals surface area contributed by atoms with Crippen LogP contribution in [0.25, 0.3) is 10.8 Å². The van der Waals surface area contributed by atoms with E-state index in [0.29, 0.717) is 36.4 Å². The maximum absolute atomic E-state index is 13.0. The SMILES string of the molecule is CCOc1ccc2cc(S(=O)(=O)N3CC(C)CC(C)C3)ccc2c1. The van der Waals surface area contributed by atoms with Gasteiger partial charge in [-0.05, 0) is 60.2 Å². The highest BCUT2D eigenvalue weighted by Gasteiger charge is 2.31. The van der Waals surface area contributed by atoms with E-state index in [1.54, 1.807) is 16.4 Å². The molecule has 1 heterocycles. The minimum atomic E-state index is -3.44. The summed E-state index contributed by atoms with van der Waals surface area (Å²) in [4.78, 5) is 0.375. The average molecular weight is 347 g/mol. The van der Waals surface area contributed by atoms with Crippen LogP contribution in [0.1, 0.15) is 27.2 Å². The molecule has 2 aromatic rings. The summed E-state index contributed by atoms with van der Waals surface area (Å²) in [5.74, 6) is 1.61. The second kappa shape index (κ2) is 6.73. The number of hydrogen-bond donors (Lipinski definition) is 0. The minimum absolute atomic E-state index is 0.375. The lowest BCUT2D eigenvalue weighted by atomic mass is 9.94. The number of hydrogen-bond acceptors (Lipinski definition) is 3. The van der Waals surface area contributed by atoms with Crippen molar-refractivity contribution in [3.63, 3.8) is 0 Å². The number of fused-ring (bicyclic) bond motifs is 1. The summed E-state index contributed by atoms with van der Waals surface area (Å²) >= 11 is 0. The molecule has 0 radical (unpaired) electrons. The molecule has 130 valence electrons. The molecule has 0 bridgehead atoms. The summed E-state index contributed by atoms with van der Waals surface area (Å²) in [5, 5.41) is 1.90. The summed E-state index contributed by atoms with van der Waals surface area (Å²) in [6.45, 7) is 8.01. The Balaban J connectivity index is 1.94. The van der Waals surface area contributed by atoms with Crippen LogP contribution in [0.5, 0.6) is 5.75 Å². The summed E-state index contributed by atoms with van der Waals surface area (Å²) in [6, 6.07) is 11.1. The number of ether oxygens (including phenoxy) is 1. The van der Waals surface area contributed by atoms with Gasteiger partial charge in [0.25, 0.3) is 0 Å². The minimum Gasteiger partial charge on any atom is -0.494 e. The molecular weight excluding hydrogens is 322 g/mol. The van der Waals surface area contributed by atoms with Crippen LogP contribution in [0.15, 0.2) is 41.3 Å². The zero-order chi connectivity index (χ0) is 17.3. The van der Waals surface area contributed by atoms with Gasteiger partial charge in [-0.3, -0.25) is 0 Å². The highest BCUT2D eigenvalue weighted by atomic mass is 32.2. The number of rotatable bonds is 4. The Hall–Kier alpha value is -1.59. The van der Waals surface area contributed by atoms with E-state index in [2.05, 4.69) is 13.8 Å². The first kappa shape index (κ1) is 17.2. The highest BCUT2D eigenvalue weighted by Crippen LogP contribution is 2.29. The fraction of sp³-hybridized carbons (Fsp3) is 0.474. The second-order valence-corrected chi connectivity index (χ2v) is 8.81. The second-order valence-electron chi connectivity index (χ2n) is 6.87. The van der Waals surface area contributed by atoms with Crippen molar-refractivity contribution < 1.29 is 13.2 Å². The molecular formula is C19H25NO3S. The monoisotopic (exact) mass is 347 g/mol. The van der Waals surface area contributed by atoms with Crippen LogP contribution in [0.3, 0.4) is 0 Å². The summed E-state index contributed by atoms with van der Waals surface area (Å²) in [7, 11) is -3.44. The fourth-order valence-corrected chi connectivity index (χ4v) is 5.29. The molecule has 5 heteroatoms. The first-order valence-corrected chi connectivity index (χ1v) is 10.0. The van der Waals surface area contributed by atoms with Gasteiger partial charge in [-0.1, -0.05) is 26.0 Å². The van der Waals surface area contributed by atoms with Crippen molar-refractivity contribution in [1.82, 2.24) is 4.31 Å². The van der Waals surface area contributed by atoms with Gasteiger partial charge in [0.05, 0.1) is 11.5 Å². The maximum atomic E-state index is 13.0. The Morgan fingerprint density at radius 3 is 2.33 bits per heavy atom. The molecule has 24 heavy (non-hydrogen) atoms. The third-order valence-corrected chi connectivity index (χ3v) is 6.39. The van der Waals surface area contributed by atoms with Crippen LogP contribution < -0.4 is 4.74 Å².